The number of H-pyrrole nitrogens is 1. The first-order chi connectivity index (χ1) is 8.33. The van der Waals surface area contributed by atoms with Gasteiger partial charge in [-0.05, 0) is 47.5 Å². The fourth-order valence-corrected chi connectivity index (χ4v) is 2.64. The molecule has 3 nitrogen and oxygen atoms in total. The second kappa shape index (κ2) is 4.22. The van der Waals surface area contributed by atoms with Crippen molar-refractivity contribution in [2.24, 2.45) is 0 Å². The first-order valence-electron chi connectivity index (χ1n) is 5.55. The van der Waals surface area contributed by atoms with Gasteiger partial charge < -0.3 is 5.32 Å². The molecule has 17 heavy (non-hydrogen) atoms. The van der Waals surface area contributed by atoms with Gasteiger partial charge in [0.25, 0.3) is 0 Å². The van der Waals surface area contributed by atoms with Gasteiger partial charge in [0.2, 0.25) is 0 Å². The van der Waals surface area contributed by atoms with Gasteiger partial charge in [0, 0.05) is 17.1 Å². The molecule has 3 aromatic rings. The summed E-state index contributed by atoms with van der Waals surface area (Å²) in [5.74, 6) is 0. The first kappa shape index (κ1) is 10.4. The number of anilines is 1. The number of nitrogens with zero attached hydrogens (tertiary/aromatic N) is 1. The number of benzene rings is 1. The van der Waals surface area contributed by atoms with E-state index in [1.807, 2.05) is 12.3 Å². The lowest BCUT2D eigenvalue weighted by atomic mass is 10.1. The molecule has 3 rings (SSSR count). The van der Waals surface area contributed by atoms with Crippen LogP contribution in [0.25, 0.3) is 10.9 Å². The lowest BCUT2D eigenvalue weighted by Crippen LogP contribution is -2.05. The Morgan fingerprint density at radius 2 is 2.29 bits per heavy atom. The van der Waals surface area contributed by atoms with Crippen molar-refractivity contribution < 1.29 is 0 Å². The summed E-state index contributed by atoms with van der Waals surface area (Å²) < 4.78 is 0. The average Bonchev–Trinajstić information content (AvgIpc) is 2.99. The molecule has 86 valence electrons. The van der Waals surface area contributed by atoms with Gasteiger partial charge in [-0.25, -0.2) is 0 Å². The number of hydrogen-bond acceptors (Lipinski definition) is 3. The van der Waals surface area contributed by atoms with Crippen LogP contribution in [0.4, 0.5) is 5.69 Å². The SMILES string of the molecule is CC(Nc1ccc2[nH]ncc2c1)c1ccsc1. The van der Waals surface area contributed by atoms with Gasteiger partial charge in [-0.2, -0.15) is 16.4 Å². The van der Waals surface area contributed by atoms with E-state index in [9.17, 15) is 0 Å². The van der Waals surface area contributed by atoms with Crippen LogP contribution < -0.4 is 5.32 Å². The van der Waals surface area contributed by atoms with Crippen LogP contribution in [0, 0.1) is 0 Å². The fraction of sp³-hybridized carbons (Fsp3) is 0.154. The second-order valence-electron chi connectivity index (χ2n) is 4.09. The summed E-state index contributed by atoms with van der Waals surface area (Å²) >= 11 is 1.73. The zero-order valence-electron chi connectivity index (χ0n) is 9.47. The van der Waals surface area contributed by atoms with Crippen molar-refractivity contribution in [2.45, 2.75) is 13.0 Å². The molecule has 0 spiro atoms. The molecule has 1 aromatic carbocycles. The molecular weight excluding hydrogens is 230 g/mol. The van der Waals surface area contributed by atoms with E-state index in [2.05, 4.69) is 51.4 Å². The van der Waals surface area contributed by atoms with Crippen molar-refractivity contribution in [3.63, 3.8) is 0 Å². The van der Waals surface area contributed by atoms with Gasteiger partial charge in [0.15, 0.2) is 0 Å². The van der Waals surface area contributed by atoms with Crippen LogP contribution in [0.2, 0.25) is 0 Å². The summed E-state index contributed by atoms with van der Waals surface area (Å²) in [7, 11) is 0. The van der Waals surface area contributed by atoms with Crippen molar-refractivity contribution in [2.75, 3.05) is 5.32 Å². The highest BCUT2D eigenvalue weighted by atomic mass is 32.1. The Hall–Kier alpha value is -1.81. The molecule has 1 unspecified atom stereocenters. The molecule has 0 radical (unpaired) electrons. The van der Waals surface area contributed by atoms with Crippen molar-refractivity contribution >= 4 is 27.9 Å². The van der Waals surface area contributed by atoms with Crippen LogP contribution in [0.15, 0.2) is 41.2 Å². The van der Waals surface area contributed by atoms with Gasteiger partial charge in [-0.1, -0.05) is 0 Å². The summed E-state index contributed by atoms with van der Waals surface area (Å²) in [6.45, 7) is 2.17. The molecule has 4 heteroatoms. The van der Waals surface area contributed by atoms with Gasteiger partial charge in [-0.3, -0.25) is 5.10 Å². The third-order valence-electron chi connectivity index (χ3n) is 2.87. The van der Waals surface area contributed by atoms with Crippen molar-refractivity contribution in [3.8, 4) is 0 Å². The first-order valence-corrected chi connectivity index (χ1v) is 6.49. The van der Waals surface area contributed by atoms with Crippen LogP contribution in [-0.4, -0.2) is 10.2 Å². The Balaban J connectivity index is 1.84. The maximum absolute atomic E-state index is 4.02. The van der Waals surface area contributed by atoms with E-state index in [-0.39, 0.29) is 0 Å². The van der Waals surface area contributed by atoms with Crippen LogP contribution in [0.5, 0.6) is 0 Å². The normalized spacial score (nSPS) is 12.8. The smallest absolute Gasteiger partial charge is 0.0651 e. The van der Waals surface area contributed by atoms with Gasteiger partial charge >= 0.3 is 0 Å². The molecule has 0 saturated heterocycles. The Bertz CT molecular complexity index is 612. The van der Waals surface area contributed by atoms with Crippen molar-refractivity contribution in [3.05, 3.63) is 46.8 Å². The lowest BCUT2D eigenvalue weighted by Gasteiger charge is -2.13. The van der Waals surface area contributed by atoms with Crippen LogP contribution in [0.1, 0.15) is 18.5 Å². The minimum absolute atomic E-state index is 0.325. The highest BCUT2D eigenvalue weighted by Crippen LogP contribution is 2.23. The standard InChI is InChI=1S/C13H13N3S/c1-9(10-4-5-17-8-10)15-12-2-3-13-11(6-12)7-14-16-13/h2-9,15H,1H3,(H,14,16). The Morgan fingerprint density at radius 3 is 3.12 bits per heavy atom. The van der Waals surface area contributed by atoms with Crippen LogP contribution in [-0.2, 0) is 0 Å². The molecule has 0 bridgehead atoms. The highest BCUT2D eigenvalue weighted by Gasteiger charge is 2.06. The molecule has 2 heterocycles. The number of aromatic amines is 1. The minimum atomic E-state index is 0.325. The van der Waals surface area contributed by atoms with E-state index in [1.165, 1.54) is 5.56 Å². The monoisotopic (exact) mass is 243 g/mol. The molecule has 0 aliphatic rings. The zero-order valence-corrected chi connectivity index (χ0v) is 10.3. The maximum atomic E-state index is 4.02. The predicted octanol–water partition coefficient (Wildman–Crippen LogP) is 3.80. The third-order valence-corrected chi connectivity index (χ3v) is 3.57. The number of fused-ring (bicyclic) bond motifs is 1. The number of hydrogen-bond donors (Lipinski definition) is 2. The highest BCUT2D eigenvalue weighted by molar-refractivity contribution is 7.07. The zero-order chi connectivity index (χ0) is 11.7. The number of aromatic nitrogens is 2. The van der Waals surface area contributed by atoms with Gasteiger partial charge in [-0.15, -0.1) is 0 Å². The molecule has 0 fully saturated rings. The minimum Gasteiger partial charge on any atom is -0.378 e. The number of rotatable bonds is 3. The molecule has 0 saturated carbocycles. The van der Waals surface area contributed by atoms with E-state index in [0.29, 0.717) is 6.04 Å². The van der Waals surface area contributed by atoms with E-state index >= 15 is 0 Å². The summed E-state index contributed by atoms with van der Waals surface area (Å²) in [5, 5.41) is 15.9. The second-order valence-corrected chi connectivity index (χ2v) is 4.87. The largest absolute Gasteiger partial charge is 0.378 e. The Morgan fingerprint density at radius 1 is 1.35 bits per heavy atom. The quantitative estimate of drug-likeness (QED) is 0.734. The lowest BCUT2D eigenvalue weighted by molar-refractivity contribution is 0.891. The Kier molecular flexibility index (Phi) is 2.57. The summed E-state index contributed by atoms with van der Waals surface area (Å²) in [5.41, 5.74) is 3.51. The number of thiophene rings is 1. The van der Waals surface area contributed by atoms with E-state index in [1.54, 1.807) is 11.3 Å². The predicted molar refractivity (Wildman–Crippen MR) is 72.5 cm³/mol. The molecular formula is C13H13N3S. The van der Waals surface area contributed by atoms with E-state index in [0.717, 1.165) is 16.6 Å². The molecule has 0 amide bonds. The third kappa shape index (κ3) is 2.03. The average molecular weight is 243 g/mol. The van der Waals surface area contributed by atoms with E-state index in [4.69, 9.17) is 0 Å². The summed E-state index contributed by atoms with van der Waals surface area (Å²) in [4.78, 5) is 0. The summed E-state index contributed by atoms with van der Waals surface area (Å²) in [6, 6.07) is 8.71. The summed E-state index contributed by atoms with van der Waals surface area (Å²) in [6.07, 6.45) is 1.84. The van der Waals surface area contributed by atoms with E-state index < -0.39 is 0 Å². The molecule has 2 aromatic heterocycles. The van der Waals surface area contributed by atoms with Crippen LogP contribution >= 0.6 is 11.3 Å². The fourth-order valence-electron chi connectivity index (χ4n) is 1.89. The topological polar surface area (TPSA) is 40.7 Å². The van der Waals surface area contributed by atoms with Gasteiger partial charge in [0.05, 0.1) is 11.7 Å². The van der Waals surface area contributed by atoms with Crippen molar-refractivity contribution in [1.82, 2.24) is 10.2 Å². The van der Waals surface area contributed by atoms with Gasteiger partial charge in [0.1, 0.15) is 0 Å². The molecule has 1 atom stereocenters. The molecule has 0 aliphatic heterocycles. The maximum Gasteiger partial charge on any atom is 0.0651 e. The number of nitrogens with one attached hydrogen (secondary N) is 2. The van der Waals surface area contributed by atoms with Crippen molar-refractivity contribution in [1.29, 1.82) is 0 Å². The molecule has 2 N–H and O–H groups in total. The molecule has 0 aliphatic carbocycles. The van der Waals surface area contributed by atoms with Crippen LogP contribution in [0.3, 0.4) is 0 Å². The Labute approximate surface area is 103 Å².